The Bertz CT molecular complexity index is 572. The second-order valence-electron chi connectivity index (χ2n) is 6.66. The van der Waals surface area contributed by atoms with E-state index < -0.39 is 29.1 Å². The minimum Gasteiger partial charge on any atom is -0.508 e. The number of fused-ring (bicyclic) bond motifs is 3. The molecule has 128 valence electrons. The molecule has 3 aliphatic carbocycles. The third-order valence-electron chi connectivity index (χ3n) is 5.23. The first kappa shape index (κ1) is 17.9. The summed E-state index contributed by atoms with van der Waals surface area (Å²) in [6.07, 6.45) is 5.28. The lowest BCUT2D eigenvalue weighted by atomic mass is 9.49. The number of carbonyl (C=O) groups is 1. The maximum absolute atomic E-state index is 12.9. The summed E-state index contributed by atoms with van der Waals surface area (Å²) < 4.78 is 5.66. The fourth-order valence-electron chi connectivity index (χ4n) is 3.88. The number of aliphatic hydroxyl groups is 3. The normalized spacial score (nSPS) is 42.9. The summed E-state index contributed by atoms with van der Waals surface area (Å²) in [7, 11) is 0. The first-order chi connectivity index (χ1) is 10.7. The maximum atomic E-state index is 12.9. The highest BCUT2D eigenvalue weighted by Crippen LogP contribution is 2.56. The molecule has 3 fully saturated rings. The Kier molecular flexibility index (Phi) is 4.85. The Morgan fingerprint density at radius 3 is 2.61 bits per heavy atom. The topological polar surface area (TPSA) is 87.0 Å². The Balaban J connectivity index is 2.54. The molecule has 0 aromatic rings. The predicted octanol–water partition coefficient (Wildman–Crippen LogP) is 2.06. The summed E-state index contributed by atoms with van der Waals surface area (Å²) in [6, 6.07) is 0. The van der Waals surface area contributed by atoms with Crippen molar-refractivity contribution in [1.29, 1.82) is 0 Å². The average Bonchev–Trinajstić information content (AvgIpc) is 2.49. The molecule has 5 heteroatoms. The summed E-state index contributed by atoms with van der Waals surface area (Å²) >= 11 is 0. The van der Waals surface area contributed by atoms with Gasteiger partial charge in [0.2, 0.25) is 0 Å². The lowest BCUT2D eigenvalue weighted by Crippen LogP contribution is -2.71. The van der Waals surface area contributed by atoms with Crippen molar-refractivity contribution < 1.29 is 24.9 Å². The van der Waals surface area contributed by atoms with Crippen LogP contribution in [0, 0.1) is 11.3 Å². The number of hydrogen-bond donors (Lipinski definition) is 3. The fraction of sp³-hybridized carbons (Fsp3) is 0.611. The van der Waals surface area contributed by atoms with Crippen molar-refractivity contribution in [1.82, 2.24) is 0 Å². The van der Waals surface area contributed by atoms with Crippen molar-refractivity contribution in [2.75, 3.05) is 6.61 Å². The molecule has 3 N–H and O–H groups in total. The van der Waals surface area contributed by atoms with Crippen molar-refractivity contribution in [3.05, 3.63) is 35.6 Å². The van der Waals surface area contributed by atoms with Gasteiger partial charge in [0, 0.05) is 18.1 Å². The maximum Gasteiger partial charge on any atom is 0.174 e. The lowest BCUT2D eigenvalue weighted by molar-refractivity contribution is -0.230. The Morgan fingerprint density at radius 1 is 1.39 bits per heavy atom. The highest BCUT2D eigenvalue weighted by molar-refractivity contribution is 6.04. The van der Waals surface area contributed by atoms with E-state index in [1.54, 1.807) is 25.2 Å². The molecule has 0 unspecified atom stereocenters. The van der Waals surface area contributed by atoms with Gasteiger partial charge in [-0.3, -0.25) is 4.79 Å². The summed E-state index contributed by atoms with van der Waals surface area (Å²) in [5, 5.41) is 31.7. The van der Waals surface area contributed by atoms with Gasteiger partial charge in [-0.2, -0.15) is 0 Å². The van der Waals surface area contributed by atoms with Gasteiger partial charge in [-0.1, -0.05) is 18.2 Å². The van der Waals surface area contributed by atoms with Gasteiger partial charge >= 0.3 is 0 Å². The number of rotatable bonds is 4. The summed E-state index contributed by atoms with van der Waals surface area (Å²) in [5.41, 5.74) is -2.58. The predicted molar refractivity (Wildman–Crippen MR) is 86.9 cm³/mol. The highest BCUT2D eigenvalue weighted by Gasteiger charge is 2.68. The highest BCUT2D eigenvalue weighted by atomic mass is 16.5. The molecule has 5 nitrogen and oxygen atoms in total. The number of aliphatic hydroxyl groups excluding tert-OH is 2. The molecule has 0 aliphatic heterocycles. The zero-order valence-electron chi connectivity index (χ0n) is 14.1. The molecule has 0 amide bonds. The van der Waals surface area contributed by atoms with Crippen LogP contribution in [-0.4, -0.2) is 45.5 Å². The van der Waals surface area contributed by atoms with E-state index in [-0.39, 0.29) is 17.1 Å². The van der Waals surface area contributed by atoms with Crippen LogP contribution in [0.25, 0.3) is 0 Å². The summed E-state index contributed by atoms with van der Waals surface area (Å²) in [6.45, 7) is 7.21. The Labute approximate surface area is 137 Å². The Hall–Kier alpha value is -1.43. The monoisotopic (exact) mass is 322 g/mol. The van der Waals surface area contributed by atoms with Crippen molar-refractivity contribution in [2.24, 2.45) is 11.3 Å². The van der Waals surface area contributed by atoms with Gasteiger partial charge in [0.05, 0.1) is 23.2 Å². The molecule has 0 saturated heterocycles. The van der Waals surface area contributed by atoms with Crippen molar-refractivity contribution >= 4 is 5.78 Å². The third kappa shape index (κ3) is 2.57. The molecule has 3 saturated carbocycles. The molecule has 23 heavy (non-hydrogen) atoms. The van der Waals surface area contributed by atoms with Crippen LogP contribution in [0.4, 0.5) is 0 Å². The molecule has 0 spiro atoms. The van der Waals surface area contributed by atoms with Crippen LogP contribution in [0.1, 0.15) is 34.1 Å². The second-order valence-corrected chi connectivity index (χ2v) is 6.66. The first-order valence-corrected chi connectivity index (χ1v) is 8.02. The van der Waals surface area contributed by atoms with Gasteiger partial charge < -0.3 is 20.1 Å². The number of ketones is 1. The Morgan fingerprint density at radius 2 is 2.04 bits per heavy atom. The van der Waals surface area contributed by atoms with E-state index >= 15 is 0 Å². The van der Waals surface area contributed by atoms with E-state index in [1.165, 1.54) is 13.0 Å². The van der Waals surface area contributed by atoms with Crippen molar-refractivity contribution in [2.45, 2.75) is 51.9 Å². The van der Waals surface area contributed by atoms with Gasteiger partial charge in [-0.05, 0) is 40.2 Å². The van der Waals surface area contributed by atoms with Crippen LogP contribution >= 0.6 is 0 Å². The molecular formula is C18H26O5. The molecular weight excluding hydrogens is 296 g/mol. The van der Waals surface area contributed by atoms with Crippen LogP contribution in [0.2, 0.25) is 0 Å². The molecule has 3 aliphatic rings. The molecule has 0 radical (unpaired) electrons. The van der Waals surface area contributed by atoms with Crippen LogP contribution in [0.5, 0.6) is 0 Å². The van der Waals surface area contributed by atoms with Crippen LogP contribution in [0.15, 0.2) is 35.6 Å². The third-order valence-corrected chi connectivity index (χ3v) is 5.23. The second kappa shape index (κ2) is 6.23. The van der Waals surface area contributed by atoms with Gasteiger partial charge in [0.25, 0.3) is 0 Å². The van der Waals surface area contributed by atoms with Gasteiger partial charge in [-0.25, -0.2) is 0 Å². The summed E-state index contributed by atoms with van der Waals surface area (Å²) in [4.78, 5) is 12.9. The molecule has 0 aromatic carbocycles. The summed E-state index contributed by atoms with van der Waals surface area (Å²) in [5.74, 6) is -1.18. The van der Waals surface area contributed by atoms with E-state index in [2.05, 4.69) is 0 Å². The standard InChI is InChI=1S/C18H26O5/c1-5-7-8-9-12(19)14-11-10-13(23-6-2)17(3,15(14)20)16(21)18(11,4)22/h5,7-9,11,13,16,19,21-22H,6,10H2,1-4H3/b7-5+,9-8+,14-12-/t11-,13-,16-,17+,18+/m0/s1. The van der Waals surface area contributed by atoms with Crippen LogP contribution in [0.3, 0.4) is 0 Å². The number of allylic oxidation sites excluding steroid dienone is 4. The molecule has 2 bridgehead atoms. The molecule has 5 atom stereocenters. The average molecular weight is 322 g/mol. The minimum atomic E-state index is -1.49. The number of hydrogen-bond acceptors (Lipinski definition) is 5. The van der Waals surface area contributed by atoms with E-state index in [0.29, 0.717) is 13.0 Å². The SMILES string of the molecule is C/C=C/C=C/C(O)=C1/C(=O)[C@@]2(C)[C@@H](OCC)C[C@@H]1[C@@](C)(O)[C@H]2O. The van der Waals surface area contributed by atoms with Crippen molar-refractivity contribution in [3.63, 3.8) is 0 Å². The van der Waals surface area contributed by atoms with E-state index in [1.807, 2.05) is 13.8 Å². The van der Waals surface area contributed by atoms with Crippen molar-refractivity contribution in [3.8, 4) is 0 Å². The van der Waals surface area contributed by atoms with E-state index in [4.69, 9.17) is 4.74 Å². The van der Waals surface area contributed by atoms with Gasteiger partial charge in [-0.15, -0.1) is 0 Å². The van der Waals surface area contributed by atoms with E-state index in [0.717, 1.165) is 0 Å². The van der Waals surface area contributed by atoms with Gasteiger partial charge in [0.1, 0.15) is 5.76 Å². The zero-order chi connectivity index (χ0) is 17.4. The molecule has 3 rings (SSSR count). The first-order valence-electron chi connectivity index (χ1n) is 8.02. The minimum absolute atomic E-state index is 0.161. The number of carbonyl (C=O) groups excluding carboxylic acids is 1. The lowest BCUT2D eigenvalue weighted by Gasteiger charge is -2.59. The van der Waals surface area contributed by atoms with Crippen LogP contribution < -0.4 is 0 Å². The smallest absolute Gasteiger partial charge is 0.174 e. The zero-order valence-corrected chi connectivity index (χ0v) is 14.1. The van der Waals surface area contributed by atoms with E-state index in [9.17, 15) is 20.1 Å². The number of ether oxygens (including phenoxy) is 1. The quantitative estimate of drug-likeness (QED) is 0.419. The number of Topliss-reactive ketones (excluding diaryl/α,β-unsaturated/α-hetero) is 1. The van der Waals surface area contributed by atoms with Crippen LogP contribution in [-0.2, 0) is 9.53 Å². The molecule has 0 aromatic heterocycles. The van der Waals surface area contributed by atoms with Gasteiger partial charge in [0.15, 0.2) is 5.78 Å². The fourth-order valence-corrected chi connectivity index (χ4v) is 3.88. The largest absolute Gasteiger partial charge is 0.508 e. The molecule has 0 heterocycles.